The molecule has 0 aliphatic carbocycles. The standard InChI is InChI=1S/C32H37ClFN5O5/c1-17-14-38(31(42)44-32(3,4)5)18(2)13-37(17)27-20-11-22(33)25(26-23(34)9-8-10-24(26)40)29-28(20)39(30(41)21(27)12-35)19(16-43-29)15-36(6)7/h8-11,17-19,40H,13-16H2,1-7H3/t17-,18-,19+/m0/s1. The summed E-state index contributed by atoms with van der Waals surface area (Å²) in [5, 5.41) is 21.7. The van der Waals surface area contributed by atoms with Crippen molar-refractivity contribution in [3.05, 3.63) is 51.0 Å². The third-order valence-corrected chi connectivity index (χ3v) is 8.29. The molecule has 1 amide bonds. The van der Waals surface area contributed by atoms with Crippen LogP contribution in [0.25, 0.3) is 22.0 Å². The highest BCUT2D eigenvalue weighted by molar-refractivity contribution is 6.35. The number of anilines is 1. The third kappa shape index (κ3) is 5.41. The molecule has 1 fully saturated rings. The summed E-state index contributed by atoms with van der Waals surface area (Å²) in [5.41, 5.74) is -0.521. The van der Waals surface area contributed by atoms with Gasteiger partial charge in [0.25, 0.3) is 5.56 Å². The Balaban J connectivity index is 1.78. The Bertz CT molecular complexity index is 1720. The van der Waals surface area contributed by atoms with Gasteiger partial charge in [0.2, 0.25) is 0 Å². The van der Waals surface area contributed by atoms with Crippen LogP contribution in [0, 0.1) is 17.1 Å². The van der Waals surface area contributed by atoms with Crippen LogP contribution >= 0.6 is 11.6 Å². The molecule has 0 radical (unpaired) electrons. The minimum absolute atomic E-state index is 0.0589. The Labute approximate surface area is 260 Å². The first-order valence-corrected chi connectivity index (χ1v) is 14.9. The second-order valence-electron chi connectivity index (χ2n) is 12.8. The lowest BCUT2D eigenvalue weighted by atomic mass is 9.95. The first-order chi connectivity index (χ1) is 20.6. The average molecular weight is 626 g/mol. The van der Waals surface area contributed by atoms with Gasteiger partial charge in [0.05, 0.1) is 33.4 Å². The van der Waals surface area contributed by atoms with Crippen LogP contribution in [0.15, 0.2) is 29.1 Å². The first kappa shape index (κ1) is 31.4. The SMILES string of the molecule is C[C@H]1CN(c2c(C#N)c(=O)n3c4c(c(-c5c(O)cccc5F)c(Cl)cc24)OC[C@H]3CN(C)C)[C@@H](C)CN1C(=O)OC(C)(C)C. The molecular formula is C32H37ClFN5O5. The lowest BCUT2D eigenvalue weighted by Gasteiger charge is -2.46. The minimum atomic E-state index is -0.704. The van der Waals surface area contributed by atoms with Crippen LogP contribution in [0.2, 0.25) is 5.02 Å². The van der Waals surface area contributed by atoms with Gasteiger partial charge in [-0.1, -0.05) is 17.7 Å². The number of halogens is 2. The molecule has 5 rings (SSSR count). The van der Waals surface area contributed by atoms with E-state index in [4.69, 9.17) is 21.1 Å². The molecule has 1 saturated heterocycles. The Kier molecular flexibility index (Phi) is 8.20. The van der Waals surface area contributed by atoms with E-state index < -0.39 is 29.1 Å². The van der Waals surface area contributed by atoms with Gasteiger partial charge in [-0.2, -0.15) is 5.26 Å². The van der Waals surface area contributed by atoms with Crippen molar-refractivity contribution in [1.82, 2.24) is 14.4 Å². The molecule has 0 unspecified atom stereocenters. The smallest absolute Gasteiger partial charge is 0.410 e. The molecule has 10 nitrogen and oxygen atoms in total. The molecule has 1 aromatic heterocycles. The minimum Gasteiger partial charge on any atom is -0.507 e. The van der Waals surface area contributed by atoms with Crippen LogP contribution in [0.4, 0.5) is 14.9 Å². The molecular weight excluding hydrogens is 589 g/mol. The van der Waals surface area contributed by atoms with Gasteiger partial charge in [-0.15, -0.1) is 0 Å². The topological polar surface area (TPSA) is 111 Å². The van der Waals surface area contributed by atoms with E-state index in [9.17, 15) is 20.0 Å². The predicted molar refractivity (Wildman–Crippen MR) is 167 cm³/mol. The Morgan fingerprint density at radius 1 is 1.23 bits per heavy atom. The van der Waals surface area contributed by atoms with Gasteiger partial charge in [0.15, 0.2) is 5.75 Å². The van der Waals surface area contributed by atoms with Gasteiger partial charge in [-0.25, -0.2) is 9.18 Å². The number of aromatic nitrogens is 1. The van der Waals surface area contributed by atoms with E-state index >= 15 is 4.39 Å². The molecule has 12 heteroatoms. The normalized spacial score (nSPS) is 20.1. The number of phenols is 1. The van der Waals surface area contributed by atoms with Crippen molar-refractivity contribution >= 4 is 34.3 Å². The number of hydrogen-bond donors (Lipinski definition) is 1. The van der Waals surface area contributed by atoms with Gasteiger partial charge in [0, 0.05) is 37.1 Å². The molecule has 1 N–H and O–H groups in total. The number of hydrogen-bond acceptors (Lipinski definition) is 8. The predicted octanol–water partition coefficient (Wildman–Crippen LogP) is 5.37. The number of ether oxygens (including phenoxy) is 2. The largest absolute Gasteiger partial charge is 0.507 e. The van der Waals surface area contributed by atoms with Crippen molar-refractivity contribution in [2.24, 2.45) is 0 Å². The number of piperazine rings is 1. The second-order valence-corrected chi connectivity index (χ2v) is 13.2. The number of nitriles is 1. The summed E-state index contributed by atoms with van der Waals surface area (Å²) >= 11 is 6.88. The molecule has 3 heterocycles. The molecule has 234 valence electrons. The molecule has 0 bridgehead atoms. The molecule has 0 spiro atoms. The summed E-state index contributed by atoms with van der Waals surface area (Å²) in [6, 6.07) is 6.61. The van der Waals surface area contributed by atoms with Crippen molar-refractivity contribution in [3.8, 4) is 28.7 Å². The van der Waals surface area contributed by atoms with Gasteiger partial charge < -0.3 is 29.3 Å². The van der Waals surface area contributed by atoms with E-state index in [2.05, 4.69) is 6.07 Å². The van der Waals surface area contributed by atoms with Crippen LogP contribution in [0.1, 0.15) is 46.2 Å². The highest BCUT2D eigenvalue weighted by Gasteiger charge is 2.39. The lowest BCUT2D eigenvalue weighted by molar-refractivity contribution is 0.0130. The number of nitrogens with zero attached hydrogens (tertiary/aromatic N) is 5. The van der Waals surface area contributed by atoms with Crippen molar-refractivity contribution in [1.29, 1.82) is 5.26 Å². The summed E-state index contributed by atoms with van der Waals surface area (Å²) in [6.45, 7) is 10.3. The zero-order valence-electron chi connectivity index (χ0n) is 25.9. The van der Waals surface area contributed by atoms with E-state index in [1.807, 2.05) is 58.5 Å². The molecule has 3 atom stereocenters. The van der Waals surface area contributed by atoms with Gasteiger partial charge >= 0.3 is 6.09 Å². The zero-order chi connectivity index (χ0) is 32.2. The highest BCUT2D eigenvalue weighted by atomic mass is 35.5. The fourth-order valence-corrected chi connectivity index (χ4v) is 6.49. The average Bonchev–Trinajstić information content (AvgIpc) is 2.91. The molecule has 3 aromatic rings. The van der Waals surface area contributed by atoms with Crippen molar-refractivity contribution in [3.63, 3.8) is 0 Å². The van der Waals surface area contributed by atoms with Gasteiger partial charge in [-0.05, 0) is 66.9 Å². The van der Waals surface area contributed by atoms with Crippen LogP contribution in [-0.2, 0) is 4.74 Å². The number of phenolic OH excluding ortho intramolecular Hbond substituents is 1. The van der Waals surface area contributed by atoms with Crippen LogP contribution < -0.4 is 15.2 Å². The number of benzene rings is 2. The zero-order valence-corrected chi connectivity index (χ0v) is 26.7. The van der Waals surface area contributed by atoms with Crippen LogP contribution in [0.3, 0.4) is 0 Å². The molecule has 0 saturated carbocycles. The fourth-order valence-electron chi connectivity index (χ4n) is 6.20. The molecule has 2 aliphatic rings. The lowest BCUT2D eigenvalue weighted by Crippen LogP contribution is -2.59. The fraction of sp³-hybridized carbons (Fsp3) is 0.469. The van der Waals surface area contributed by atoms with Crippen molar-refractivity contribution < 1.29 is 23.8 Å². The number of amides is 1. The highest BCUT2D eigenvalue weighted by Crippen LogP contribution is 2.50. The molecule has 2 aromatic carbocycles. The van der Waals surface area contributed by atoms with E-state index in [-0.39, 0.29) is 58.4 Å². The van der Waals surface area contributed by atoms with Crippen molar-refractivity contribution in [2.75, 3.05) is 45.2 Å². The van der Waals surface area contributed by atoms with E-state index in [0.29, 0.717) is 29.7 Å². The number of carbonyl (C=O) groups excluding carboxylic acids is 1. The number of likely N-dealkylation sites (N-methyl/N-ethyl adjacent to an activating group) is 1. The Morgan fingerprint density at radius 2 is 1.93 bits per heavy atom. The summed E-state index contributed by atoms with van der Waals surface area (Å²) < 4.78 is 28.7. The van der Waals surface area contributed by atoms with E-state index in [1.165, 1.54) is 18.2 Å². The van der Waals surface area contributed by atoms with E-state index in [1.54, 1.807) is 15.5 Å². The van der Waals surface area contributed by atoms with E-state index in [0.717, 1.165) is 0 Å². The molecule has 44 heavy (non-hydrogen) atoms. The van der Waals surface area contributed by atoms with Crippen LogP contribution in [0.5, 0.6) is 11.5 Å². The summed E-state index contributed by atoms with van der Waals surface area (Å²) in [4.78, 5) is 32.8. The number of pyridine rings is 1. The van der Waals surface area contributed by atoms with Gasteiger partial charge in [0.1, 0.15) is 35.4 Å². The Hall–Kier alpha value is -4.01. The number of aromatic hydroxyl groups is 1. The Morgan fingerprint density at radius 3 is 2.55 bits per heavy atom. The summed E-state index contributed by atoms with van der Waals surface area (Å²) in [6.07, 6.45) is -0.439. The monoisotopic (exact) mass is 625 g/mol. The van der Waals surface area contributed by atoms with Crippen molar-refractivity contribution in [2.45, 2.75) is 58.3 Å². The maximum Gasteiger partial charge on any atom is 0.410 e. The molecule has 2 aliphatic heterocycles. The number of rotatable bonds is 4. The van der Waals surface area contributed by atoms with Gasteiger partial charge in [-0.3, -0.25) is 9.36 Å². The quantitative estimate of drug-likeness (QED) is 0.412. The first-order valence-electron chi connectivity index (χ1n) is 14.5. The maximum absolute atomic E-state index is 15.2. The number of carbonyl (C=O) groups is 1. The maximum atomic E-state index is 15.2. The third-order valence-electron chi connectivity index (χ3n) is 7.99. The summed E-state index contributed by atoms with van der Waals surface area (Å²) in [7, 11) is 3.74. The summed E-state index contributed by atoms with van der Waals surface area (Å²) in [5.74, 6) is -0.881. The second kappa shape index (κ2) is 11.5. The van der Waals surface area contributed by atoms with Crippen LogP contribution in [-0.4, -0.2) is 83.6 Å².